The first-order chi connectivity index (χ1) is 19.5. The molecule has 0 bridgehead atoms. The van der Waals surface area contributed by atoms with E-state index in [0.717, 1.165) is 37.7 Å². The molecule has 2 atom stereocenters. The van der Waals surface area contributed by atoms with Crippen LogP contribution in [0.2, 0.25) is 0 Å². The first-order valence-electron chi connectivity index (χ1n) is 14.5. The number of nitrogens with zero attached hydrogens (tertiary/aromatic N) is 1. The fraction of sp³-hybridized carbons (Fsp3) is 0.613. The van der Waals surface area contributed by atoms with Crippen molar-refractivity contribution < 1.29 is 33.8 Å². The summed E-state index contributed by atoms with van der Waals surface area (Å²) >= 11 is 0. The molecule has 0 fully saturated rings. The van der Waals surface area contributed by atoms with Crippen LogP contribution in [-0.4, -0.2) is 71.8 Å². The normalized spacial score (nSPS) is 12.5. The van der Waals surface area contributed by atoms with E-state index in [1.54, 1.807) is 52.0 Å². The molecule has 10 nitrogen and oxygen atoms in total. The van der Waals surface area contributed by atoms with Crippen LogP contribution >= 0.6 is 0 Å². The Morgan fingerprint density at radius 3 is 2.37 bits per heavy atom. The number of carbonyl (C=O) groups excluding carboxylic acids is 4. The number of aliphatic hydroxyl groups excluding tert-OH is 1. The van der Waals surface area contributed by atoms with Crippen LogP contribution in [0, 0.1) is 0 Å². The number of hydrogen-bond donors (Lipinski definition) is 3. The van der Waals surface area contributed by atoms with Gasteiger partial charge in [-0.2, -0.15) is 0 Å². The Balaban J connectivity index is 3.37. The number of esters is 1. The highest BCUT2D eigenvalue weighted by Crippen LogP contribution is 2.25. The Labute approximate surface area is 244 Å². The summed E-state index contributed by atoms with van der Waals surface area (Å²) in [7, 11) is 0. The second-order valence-corrected chi connectivity index (χ2v) is 10.8. The first-order valence-corrected chi connectivity index (χ1v) is 14.5. The van der Waals surface area contributed by atoms with E-state index >= 15 is 0 Å². The van der Waals surface area contributed by atoms with Gasteiger partial charge in [-0.25, -0.2) is 4.79 Å². The van der Waals surface area contributed by atoms with E-state index in [2.05, 4.69) is 24.1 Å². The van der Waals surface area contributed by atoms with Gasteiger partial charge < -0.3 is 30.1 Å². The molecule has 230 valence electrons. The van der Waals surface area contributed by atoms with Crippen LogP contribution in [0.1, 0.15) is 96.7 Å². The van der Waals surface area contributed by atoms with E-state index in [1.807, 2.05) is 6.07 Å². The smallest absolute Gasteiger partial charge is 0.408 e. The SMILES string of the molecule is C=Cc1cccc(C(C(=O)NCCC(=O)OCC)N(CCCCCCCC)C(=O)C(CO)NC(=O)OC(C)(C)C)c1. The van der Waals surface area contributed by atoms with E-state index in [9.17, 15) is 24.3 Å². The average Bonchev–Trinajstić information content (AvgIpc) is 2.91. The van der Waals surface area contributed by atoms with E-state index in [4.69, 9.17) is 9.47 Å². The zero-order chi connectivity index (χ0) is 30.8. The molecule has 3 N–H and O–H groups in total. The van der Waals surface area contributed by atoms with Crippen LogP contribution in [0.25, 0.3) is 6.08 Å². The third-order valence-corrected chi connectivity index (χ3v) is 6.16. The van der Waals surface area contributed by atoms with Gasteiger partial charge in [-0.05, 0) is 51.3 Å². The minimum Gasteiger partial charge on any atom is -0.466 e. The molecule has 1 aromatic rings. The predicted octanol–water partition coefficient (Wildman–Crippen LogP) is 4.51. The van der Waals surface area contributed by atoms with Crippen molar-refractivity contribution in [1.82, 2.24) is 15.5 Å². The van der Waals surface area contributed by atoms with Gasteiger partial charge in [0.15, 0.2) is 0 Å². The molecule has 0 aliphatic heterocycles. The number of rotatable bonds is 18. The summed E-state index contributed by atoms with van der Waals surface area (Å²) in [6.45, 7) is 12.5. The minimum atomic E-state index is -1.33. The fourth-order valence-corrected chi connectivity index (χ4v) is 4.21. The maximum absolute atomic E-state index is 13.9. The lowest BCUT2D eigenvalue weighted by Gasteiger charge is -2.34. The van der Waals surface area contributed by atoms with Crippen molar-refractivity contribution in [1.29, 1.82) is 0 Å². The maximum Gasteiger partial charge on any atom is 0.408 e. The topological polar surface area (TPSA) is 134 Å². The number of carbonyl (C=O) groups is 4. The maximum atomic E-state index is 13.9. The van der Waals surface area contributed by atoms with Crippen molar-refractivity contribution in [2.24, 2.45) is 0 Å². The molecule has 10 heteroatoms. The molecule has 0 radical (unpaired) electrons. The van der Waals surface area contributed by atoms with Gasteiger partial charge >= 0.3 is 12.1 Å². The predicted molar refractivity (Wildman–Crippen MR) is 159 cm³/mol. The molecule has 0 aliphatic carbocycles. The lowest BCUT2D eigenvalue weighted by atomic mass is 9.99. The number of alkyl carbamates (subject to hydrolysis) is 1. The van der Waals surface area contributed by atoms with Gasteiger partial charge in [-0.15, -0.1) is 0 Å². The monoisotopic (exact) mass is 575 g/mol. The van der Waals surface area contributed by atoms with E-state index in [1.165, 1.54) is 4.90 Å². The van der Waals surface area contributed by atoms with Gasteiger partial charge in [0.2, 0.25) is 11.8 Å². The van der Waals surface area contributed by atoms with E-state index < -0.39 is 48.2 Å². The number of aliphatic hydroxyl groups is 1. The number of hydrogen-bond acceptors (Lipinski definition) is 7. The Bertz CT molecular complexity index is 990. The van der Waals surface area contributed by atoms with E-state index in [0.29, 0.717) is 12.0 Å². The van der Waals surface area contributed by atoms with Gasteiger partial charge in [-0.1, -0.05) is 69.9 Å². The Morgan fingerprint density at radius 1 is 1.07 bits per heavy atom. The Morgan fingerprint density at radius 2 is 1.76 bits per heavy atom. The third-order valence-electron chi connectivity index (χ3n) is 6.16. The zero-order valence-electron chi connectivity index (χ0n) is 25.4. The molecular weight excluding hydrogens is 526 g/mol. The van der Waals surface area contributed by atoms with Crippen LogP contribution < -0.4 is 10.6 Å². The summed E-state index contributed by atoms with van der Waals surface area (Å²) in [5.41, 5.74) is 0.478. The molecule has 0 saturated heterocycles. The van der Waals surface area contributed by atoms with Crippen molar-refractivity contribution in [3.8, 4) is 0 Å². The largest absolute Gasteiger partial charge is 0.466 e. The Hall–Kier alpha value is -3.40. The highest BCUT2D eigenvalue weighted by Gasteiger charge is 2.36. The summed E-state index contributed by atoms with van der Waals surface area (Å²) < 4.78 is 10.2. The average molecular weight is 576 g/mol. The van der Waals surface area contributed by atoms with Crippen LogP contribution in [0.5, 0.6) is 0 Å². The van der Waals surface area contributed by atoms with Gasteiger partial charge in [0, 0.05) is 13.1 Å². The molecule has 0 spiro atoms. The number of unbranched alkanes of at least 4 members (excludes halogenated alkanes) is 5. The molecule has 0 aliphatic rings. The molecule has 0 aromatic heterocycles. The summed E-state index contributed by atoms with van der Waals surface area (Å²) in [5.74, 6) is -1.56. The van der Waals surface area contributed by atoms with Crippen LogP contribution in [0.4, 0.5) is 4.79 Å². The quantitative estimate of drug-likeness (QED) is 0.173. The standard InChI is InChI=1S/C31H49N3O7/c1-7-10-11-12-13-14-20-34(29(38)25(22-35)33-30(39)41-31(4,5)6)27(24-17-15-16-23(8-2)21-24)28(37)32-19-18-26(36)40-9-3/h8,15-17,21,25,27,35H,2,7,9-14,18-20,22H2,1,3-6H3,(H,32,37)(H,33,39). The molecule has 3 amide bonds. The van der Waals surface area contributed by atoms with Crippen molar-refractivity contribution in [3.05, 3.63) is 42.0 Å². The zero-order valence-corrected chi connectivity index (χ0v) is 25.4. The Kier molecular flexibility index (Phi) is 16.4. The highest BCUT2D eigenvalue weighted by atomic mass is 16.6. The lowest BCUT2D eigenvalue weighted by molar-refractivity contribution is -0.144. The molecular formula is C31H49N3O7. The van der Waals surface area contributed by atoms with Gasteiger partial charge in [0.05, 0.1) is 19.6 Å². The lowest BCUT2D eigenvalue weighted by Crippen LogP contribution is -2.54. The van der Waals surface area contributed by atoms with Gasteiger partial charge in [0.1, 0.15) is 17.7 Å². The van der Waals surface area contributed by atoms with Crippen molar-refractivity contribution >= 4 is 30.0 Å². The number of benzene rings is 1. The molecule has 1 rings (SSSR count). The molecule has 41 heavy (non-hydrogen) atoms. The number of ether oxygens (including phenoxy) is 2. The second kappa shape index (κ2) is 18.9. The van der Waals surface area contributed by atoms with Gasteiger partial charge in [-0.3, -0.25) is 14.4 Å². The van der Waals surface area contributed by atoms with Crippen molar-refractivity contribution in [2.75, 3.05) is 26.3 Å². The van der Waals surface area contributed by atoms with Gasteiger partial charge in [0.25, 0.3) is 0 Å². The molecule has 2 unspecified atom stereocenters. The highest BCUT2D eigenvalue weighted by molar-refractivity contribution is 5.92. The van der Waals surface area contributed by atoms with E-state index in [-0.39, 0.29) is 26.1 Å². The first kappa shape index (κ1) is 35.6. The molecule has 0 saturated carbocycles. The molecule has 1 aromatic carbocycles. The second-order valence-electron chi connectivity index (χ2n) is 10.8. The number of nitrogens with one attached hydrogen (secondary N) is 2. The third kappa shape index (κ3) is 13.7. The van der Waals surface area contributed by atoms with Crippen LogP contribution in [0.3, 0.4) is 0 Å². The summed E-state index contributed by atoms with van der Waals surface area (Å²) in [6, 6.07) is 4.67. The fourth-order valence-electron chi connectivity index (χ4n) is 4.21. The summed E-state index contributed by atoms with van der Waals surface area (Å²) in [4.78, 5) is 53.3. The van der Waals surface area contributed by atoms with Crippen LogP contribution in [-0.2, 0) is 23.9 Å². The summed E-state index contributed by atoms with van der Waals surface area (Å²) in [5, 5.41) is 15.3. The molecule has 0 heterocycles. The van der Waals surface area contributed by atoms with Crippen LogP contribution in [0.15, 0.2) is 30.8 Å². The summed E-state index contributed by atoms with van der Waals surface area (Å²) in [6.07, 6.45) is 6.50. The van der Waals surface area contributed by atoms with Crippen molar-refractivity contribution in [2.45, 2.75) is 97.2 Å². The number of amides is 3. The van der Waals surface area contributed by atoms with Crippen molar-refractivity contribution in [3.63, 3.8) is 0 Å². The minimum absolute atomic E-state index is 0.0218.